The third-order valence-electron chi connectivity index (χ3n) is 6.19. The average molecular weight is 490 g/mol. The molecule has 0 radical (unpaired) electrons. The number of allylic oxidation sites excluding steroid dienone is 2. The van der Waals surface area contributed by atoms with E-state index in [1.165, 1.54) is 12.1 Å². The normalized spacial score (nSPS) is 13.4. The Morgan fingerprint density at radius 1 is 0.857 bits per heavy atom. The molecule has 0 amide bonds. The van der Waals surface area contributed by atoms with E-state index in [2.05, 4.69) is 11.7 Å². The zero-order chi connectivity index (χ0) is 25.2. The van der Waals surface area contributed by atoms with Gasteiger partial charge in [0.25, 0.3) is 0 Å². The van der Waals surface area contributed by atoms with Crippen molar-refractivity contribution >= 4 is 5.57 Å². The SMILES string of the molecule is CCCCCc1ccc(C2=CCc3c(ccc(-c4ccc(OC(F)(F)F)c(F)c4)c3F)C2)c(F)c1. The van der Waals surface area contributed by atoms with Crippen molar-refractivity contribution in [2.24, 2.45) is 0 Å². The smallest absolute Gasteiger partial charge is 0.403 e. The van der Waals surface area contributed by atoms with E-state index in [0.717, 1.165) is 49.0 Å². The lowest BCUT2D eigenvalue weighted by Gasteiger charge is -2.20. The zero-order valence-electron chi connectivity index (χ0n) is 19.1. The van der Waals surface area contributed by atoms with Gasteiger partial charge in [0.2, 0.25) is 0 Å². The molecule has 4 rings (SSSR count). The molecule has 0 saturated heterocycles. The van der Waals surface area contributed by atoms with E-state index in [0.29, 0.717) is 23.1 Å². The van der Waals surface area contributed by atoms with Crippen LogP contribution in [0, 0.1) is 17.5 Å². The van der Waals surface area contributed by atoms with Crippen LogP contribution in [0.5, 0.6) is 5.75 Å². The van der Waals surface area contributed by atoms with Crippen molar-refractivity contribution in [2.75, 3.05) is 0 Å². The number of rotatable bonds is 7. The molecule has 0 aromatic heterocycles. The summed E-state index contributed by atoms with van der Waals surface area (Å²) in [6, 6.07) is 11.2. The van der Waals surface area contributed by atoms with Crippen LogP contribution < -0.4 is 4.74 Å². The fraction of sp³-hybridized carbons (Fsp3) is 0.286. The van der Waals surface area contributed by atoms with E-state index in [9.17, 15) is 22.0 Å². The molecule has 0 N–H and O–H groups in total. The second-order valence-corrected chi connectivity index (χ2v) is 8.64. The number of hydrogen-bond acceptors (Lipinski definition) is 1. The van der Waals surface area contributed by atoms with Crippen molar-refractivity contribution in [3.05, 3.63) is 94.3 Å². The predicted octanol–water partition coefficient (Wildman–Crippen LogP) is 8.58. The molecule has 3 aromatic rings. The first kappa shape index (κ1) is 24.9. The summed E-state index contributed by atoms with van der Waals surface area (Å²) in [5.41, 5.74) is 3.46. The Hall–Kier alpha value is -3.22. The highest BCUT2D eigenvalue weighted by molar-refractivity contribution is 5.74. The molecule has 3 aromatic carbocycles. The van der Waals surface area contributed by atoms with Gasteiger partial charge in [0, 0.05) is 11.1 Å². The summed E-state index contributed by atoms with van der Waals surface area (Å²) in [5.74, 6) is -3.10. The summed E-state index contributed by atoms with van der Waals surface area (Å²) in [6.07, 6.45) is 1.34. The summed E-state index contributed by atoms with van der Waals surface area (Å²) in [7, 11) is 0. The summed E-state index contributed by atoms with van der Waals surface area (Å²) in [6.45, 7) is 2.12. The lowest BCUT2D eigenvalue weighted by molar-refractivity contribution is -0.275. The molecule has 0 spiro atoms. The number of halogens is 6. The van der Waals surface area contributed by atoms with Gasteiger partial charge in [0.1, 0.15) is 11.6 Å². The van der Waals surface area contributed by atoms with E-state index >= 15 is 4.39 Å². The molecule has 1 aliphatic rings. The number of fused-ring (bicyclic) bond motifs is 1. The van der Waals surface area contributed by atoms with Gasteiger partial charge in [-0.25, -0.2) is 13.2 Å². The molecule has 0 heterocycles. The highest BCUT2D eigenvalue weighted by Gasteiger charge is 2.32. The van der Waals surface area contributed by atoms with Gasteiger partial charge in [-0.1, -0.05) is 56.2 Å². The molecule has 0 unspecified atom stereocenters. The Morgan fingerprint density at radius 2 is 1.63 bits per heavy atom. The van der Waals surface area contributed by atoms with Gasteiger partial charge in [0.05, 0.1) is 0 Å². The van der Waals surface area contributed by atoms with E-state index in [1.54, 1.807) is 24.3 Å². The number of alkyl halides is 3. The second kappa shape index (κ2) is 10.2. The molecule has 0 saturated carbocycles. The van der Waals surface area contributed by atoms with Crippen LogP contribution in [0.1, 0.15) is 48.4 Å². The minimum absolute atomic E-state index is 0.0701. The van der Waals surface area contributed by atoms with Crippen LogP contribution in [0.15, 0.2) is 54.6 Å². The monoisotopic (exact) mass is 490 g/mol. The van der Waals surface area contributed by atoms with Gasteiger partial charge < -0.3 is 4.74 Å². The van der Waals surface area contributed by atoms with E-state index < -0.39 is 23.7 Å². The van der Waals surface area contributed by atoms with Crippen LogP contribution in [0.2, 0.25) is 0 Å². The molecule has 1 nitrogen and oxygen atoms in total. The van der Waals surface area contributed by atoms with Crippen molar-refractivity contribution in [3.8, 4) is 16.9 Å². The Kier molecular flexibility index (Phi) is 7.24. The van der Waals surface area contributed by atoms with Crippen molar-refractivity contribution in [1.82, 2.24) is 0 Å². The minimum Gasteiger partial charge on any atom is -0.403 e. The van der Waals surface area contributed by atoms with Gasteiger partial charge in [-0.15, -0.1) is 13.2 Å². The van der Waals surface area contributed by atoms with Gasteiger partial charge in [-0.3, -0.25) is 0 Å². The number of hydrogen-bond donors (Lipinski definition) is 0. The molecule has 184 valence electrons. The Morgan fingerprint density at radius 3 is 2.31 bits per heavy atom. The fourth-order valence-corrected chi connectivity index (χ4v) is 4.41. The summed E-state index contributed by atoms with van der Waals surface area (Å²) < 4.78 is 85.1. The molecule has 0 atom stereocenters. The van der Waals surface area contributed by atoms with Gasteiger partial charge in [-0.05, 0) is 71.7 Å². The third-order valence-corrected chi connectivity index (χ3v) is 6.19. The lowest BCUT2D eigenvalue weighted by Crippen LogP contribution is -2.17. The van der Waals surface area contributed by atoms with E-state index in [4.69, 9.17) is 0 Å². The minimum atomic E-state index is -5.03. The lowest BCUT2D eigenvalue weighted by atomic mass is 9.85. The van der Waals surface area contributed by atoms with E-state index in [-0.39, 0.29) is 23.4 Å². The van der Waals surface area contributed by atoms with Crippen molar-refractivity contribution < 1.29 is 31.1 Å². The van der Waals surface area contributed by atoms with Crippen LogP contribution in [0.4, 0.5) is 26.3 Å². The molecular weight excluding hydrogens is 466 g/mol. The van der Waals surface area contributed by atoms with Crippen molar-refractivity contribution in [3.63, 3.8) is 0 Å². The molecular formula is C28H24F6O. The van der Waals surface area contributed by atoms with Gasteiger partial charge >= 0.3 is 6.36 Å². The first-order valence-corrected chi connectivity index (χ1v) is 11.5. The highest BCUT2D eigenvalue weighted by atomic mass is 19.4. The number of ether oxygens (including phenoxy) is 1. The molecule has 0 bridgehead atoms. The Balaban J connectivity index is 1.55. The van der Waals surface area contributed by atoms with Crippen LogP contribution in [-0.2, 0) is 19.3 Å². The van der Waals surface area contributed by atoms with E-state index in [1.807, 2.05) is 6.07 Å². The van der Waals surface area contributed by atoms with Crippen LogP contribution in [0.3, 0.4) is 0 Å². The topological polar surface area (TPSA) is 9.23 Å². The Bertz CT molecular complexity index is 1260. The van der Waals surface area contributed by atoms with Crippen molar-refractivity contribution in [2.45, 2.75) is 51.8 Å². The standard InChI is InChI=1S/C28H24F6O/c1-2-3-4-5-17-6-10-21(24(29)14-17)18-7-11-22-19(15-18)8-12-23(27(22)31)20-9-13-26(25(30)16-20)35-28(32,33)34/h6-10,12-14,16H,2-5,11,15H2,1H3. The van der Waals surface area contributed by atoms with Crippen LogP contribution in [-0.4, -0.2) is 6.36 Å². The first-order chi connectivity index (χ1) is 16.7. The maximum atomic E-state index is 15.3. The fourth-order valence-electron chi connectivity index (χ4n) is 4.41. The quantitative estimate of drug-likeness (QED) is 0.238. The first-order valence-electron chi connectivity index (χ1n) is 11.5. The van der Waals surface area contributed by atoms with Gasteiger partial charge in [-0.2, -0.15) is 0 Å². The van der Waals surface area contributed by atoms with Crippen LogP contribution in [0.25, 0.3) is 16.7 Å². The predicted molar refractivity (Wildman–Crippen MR) is 123 cm³/mol. The third kappa shape index (κ3) is 5.72. The zero-order valence-corrected chi connectivity index (χ0v) is 19.1. The molecule has 35 heavy (non-hydrogen) atoms. The molecule has 1 aliphatic carbocycles. The summed E-state index contributed by atoms with van der Waals surface area (Å²) in [5, 5.41) is 0. The summed E-state index contributed by atoms with van der Waals surface area (Å²) >= 11 is 0. The molecule has 0 fully saturated rings. The molecule has 7 heteroatoms. The average Bonchev–Trinajstić information content (AvgIpc) is 2.80. The number of aryl methyl sites for hydroxylation is 1. The highest BCUT2D eigenvalue weighted by Crippen LogP contribution is 2.36. The largest absolute Gasteiger partial charge is 0.573 e. The summed E-state index contributed by atoms with van der Waals surface area (Å²) in [4.78, 5) is 0. The van der Waals surface area contributed by atoms with Crippen LogP contribution >= 0.6 is 0 Å². The van der Waals surface area contributed by atoms with Gasteiger partial charge in [0.15, 0.2) is 11.6 Å². The number of unbranched alkanes of at least 4 members (excludes halogenated alkanes) is 2. The molecule has 0 aliphatic heterocycles. The van der Waals surface area contributed by atoms with Crippen molar-refractivity contribution in [1.29, 1.82) is 0 Å². The number of benzene rings is 3. The maximum Gasteiger partial charge on any atom is 0.573 e. The second-order valence-electron chi connectivity index (χ2n) is 8.64. The maximum absolute atomic E-state index is 15.3. The Labute approximate surface area is 200 Å².